The molecular formula is C42H59N6O10S+. The number of likely N-dealkylation sites (N-methyl/N-ethyl adjacent to an activating group) is 1. The van der Waals surface area contributed by atoms with Crippen molar-refractivity contribution in [2.45, 2.75) is 133 Å². The highest BCUT2D eigenvalue weighted by atomic mass is 32.2. The zero-order valence-electron chi connectivity index (χ0n) is 34.5. The molecule has 6 aliphatic rings. The summed E-state index contributed by atoms with van der Waals surface area (Å²) in [5, 5.41) is 4.93. The molecule has 0 aromatic heterocycles. The van der Waals surface area contributed by atoms with Gasteiger partial charge in [0, 0.05) is 25.6 Å². The van der Waals surface area contributed by atoms with E-state index in [1.54, 1.807) is 11.9 Å². The number of benzene rings is 1. The Labute approximate surface area is 346 Å². The van der Waals surface area contributed by atoms with Crippen LogP contribution in [0.4, 0.5) is 9.59 Å². The molecule has 322 valence electrons. The molecule has 7 rings (SSSR count). The van der Waals surface area contributed by atoms with Gasteiger partial charge in [-0.15, -0.1) is 0 Å². The molecule has 1 aromatic rings. The van der Waals surface area contributed by atoms with Crippen LogP contribution in [0.25, 0.3) is 0 Å². The van der Waals surface area contributed by atoms with E-state index in [-0.39, 0.29) is 48.8 Å². The summed E-state index contributed by atoms with van der Waals surface area (Å²) < 4.78 is 39.6. The van der Waals surface area contributed by atoms with Crippen molar-refractivity contribution in [1.82, 2.24) is 25.2 Å². The lowest BCUT2D eigenvalue weighted by Gasteiger charge is -2.36. The van der Waals surface area contributed by atoms with E-state index in [1.807, 2.05) is 26.0 Å². The maximum absolute atomic E-state index is 14.9. The molecule has 6 amide bonds. The van der Waals surface area contributed by atoms with Gasteiger partial charge in [-0.2, -0.15) is 0 Å². The second-order valence-corrected chi connectivity index (χ2v) is 20.5. The number of amides is 6. The minimum Gasteiger partial charge on any atom is -0.449 e. The van der Waals surface area contributed by atoms with E-state index in [2.05, 4.69) is 28.0 Å². The highest BCUT2D eigenvalue weighted by molar-refractivity contribution is 7.91. The van der Waals surface area contributed by atoms with Gasteiger partial charge in [0.25, 0.3) is 11.8 Å². The van der Waals surface area contributed by atoms with E-state index in [0.717, 1.165) is 42.4 Å². The molecule has 59 heavy (non-hydrogen) atoms. The number of quaternary nitrogens is 1. The van der Waals surface area contributed by atoms with Gasteiger partial charge in [0.2, 0.25) is 15.9 Å². The molecule has 6 unspecified atom stereocenters. The highest BCUT2D eigenvalue weighted by Crippen LogP contribution is 2.48. The van der Waals surface area contributed by atoms with Crippen molar-refractivity contribution in [2.24, 2.45) is 11.3 Å². The summed E-state index contributed by atoms with van der Waals surface area (Å²) in [5.41, 5.74) is 1.35. The Kier molecular flexibility index (Phi) is 11.9. The number of rotatable bonds is 4. The van der Waals surface area contributed by atoms with Crippen LogP contribution >= 0.6 is 0 Å². The lowest BCUT2D eigenvalue weighted by molar-refractivity contribution is -0.832. The maximum Gasteiger partial charge on any atom is 0.410 e. The topological polar surface area (TPSA) is 198 Å². The standard InChI is InChI=1S/C42H58N6O10S/c1-5-35(49)48(4)19-10-6-7-15-29-21-42(29,38(52)45-59(55,56)31-16-17-31)44-36(50)34-20-30-23-47(34)37(51)33(25-48)43-39(53)57-26-41(2,3)18-9-8-12-27-13-11-14-28-22-46(24-32(27)28)40(54)58-30/h5,11,13-14,29-31,33-34H,1,6-10,12,15-26H2,2-4H3,(H2-,43,44,45,50,52,53)/p+1. The van der Waals surface area contributed by atoms with Gasteiger partial charge in [-0.05, 0) is 85.8 Å². The number of hydrogen-bond donors (Lipinski definition) is 3. The van der Waals surface area contributed by atoms with Gasteiger partial charge in [-0.3, -0.25) is 28.5 Å². The van der Waals surface area contributed by atoms with Crippen LogP contribution in [-0.4, -0.2) is 121 Å². The molecule has 2 aliphatic carbocycles. The summed E-state index contributed by atoms with van der Waals surface area (Å²) in [6.07, 6.45) is 5.43. The average molecular weight is 840 g/mol. The normalized spacial score (nSPS) is 31.9. The fourth-order valence-corrected chi connectivity index (χ4v) is 10.7. The van der Waals surface area contributed by atoms with Crippen molar-refractivity contribution in [2.75, 3.05) is 33.3 Å². The van der Waals surface area contributed by atoms with Crippen molar-refractivity contribution in [3.05, 3.63) is 47.5 Å². The first-order valence-electron chi connectivity index (χ1n) is 21.1. The molecule has 4 aliphatic heterocycles. The maximum atomic E-state index is 14.9. The third-order valence-electron chi connectivity index (χ3n) is 13.2. The predicted molar refractivity (Wildman–Crippen MR) is 214 cm³/mol. The van der Waals surface area contributed by atoms with Gasteiger partial charge >= 0.3 is 18.1 Å². The van der Waals surface area contributed by atoms with E-state index < -0.39 is 74.3 Å². The minimum atomic E-state index is -3.94. The van der Waals surface area contributed by atoms with Crippen LogP contribution in [0.1, 0.15) is 101 Å². The van der Waals surface area contributed by atoms with Crippen molar-refractivity contribution < 1.29 is 51.1 Å². The van der Waals surface area contributed by atoms with E-state index in [0.29, 0.717) is 58.2 Å². The van der Waals surface area contributed by atoms with Crippen molar-refractivity contribution in [3.63, 3.8) is 0 Å². The van der Waals surface area contributed by atoms with Gasteiger partial charge in [0.05, 0.1) is 32.0 Å². The molecule has 2 saturated carbocycles. The van der Waals surface area contributed by atoms with E-state index in [9.17, 15) is 37.2 Å². The molecule has 1 aromatic carbocycles. The van der Waals surface area contributed by atoms with Crippen LogP contribution in [0.2, 0.25) is 0 Å². The highest BCUT2D eigenvalue weighted by Gasteiger charge is 2.62. The van der Waals surface area contributed by atoms with Gasteiger partial charge in [-0.1, -0.05) is 51.5 Å². The second-order valence-electron chi connectivity index (χ2n) is 18.5. The van der Waals surface area contributed by atoms with Crippen LogP contribution in [0.3, 0.4) is 0 Å². The average Bonchev–Trinajstić information content (AvgIpc) is 4.07. The molecule has 6 atom stereocenters. The monoisotopic (exact) mass is 839 g/mol. The largest absolute Gasteiger partial charge is 0.449 e. The van der Waals surface area contributed by atoms with E-state index in [1.165, 1.54) is 11.0 Å². The minimum absolute atomic E-state index is 0.0711. The lowest BCUT2D eigenvalue weighted by atomic mass is 9.87. The molecule has 4 heterocycles. The molecule has 2 saturated heterocycles. The Morgan fingerprint density at radius 2 is 1.78 bits per heavy atom. The Bertz CT molecular complexity index is 2000. The zero-order valence-corrected chi connectivity index (χ0v) is 35.3. The first kappa shape index (κ1) is 42.6. The fourth-order valence-electron chi connectivity index (χ4n) is 9.36. The fraction of sp³-hybridized carbons (Fsp3) is 0.667. The summed E-state index contributed by atoms with van der Waals surface area (Å²) >= 11 is 0. The number of aryl methyl sites for hydroxylation is 1. The summed E-state index contributed by atoms with van der Waals surface area (Å²) in [5.74, 6) is -2.96. The molecule has 4 fully saturated rings. The lowest BCUT2D eigenvalue weighted by Crippen LogP contribution is -2.63. The number of carbonyl (C=O) groups is 6. The van der Waals surface area contributed by atoms with Crippen LogP contribution in [0.15, 0.2) is 30.9 Å². The van der Waals surface area contributed by atoms with Crippen molar-refractivity contribution in [3.8, 4) is 0 Å². The summed E-state index contributed by atoms with van der Waals surface area (Å²) in [7, 11) is -2.26. The molecule has 0 radical (unpaired) electrons. The number of cyclic esters (lactones) is 1. The van der Waals surface area contributed by atoms with E-state index in [4.69, 9.17) is 9.47 Å². The number of nitrogens with zero attached hydrogens (tertiary/aromatic N) is 3. The first-order valence-corrected chi connectivity index (χ1v) is 22.7. The summed E-state index contributed by atoms with van der Waals surface area (Å²) in [6.45, 7) is 8.40. The number of hydrogen-bond acceptors (Lipinski definition) is 10. The summed E-state index contributed by atoms with van der Waals surface area (Å²) in [4.78, 5) is 87.2. The van der Waals surface area contributed by atoms with Crippen LogP contribution in [-0.2, 0) is 58.2 Å². The Hall–Kier alpha value is -4.51. The smallest absolute Gasteiger partial charge is 0.410 e. The molecule has 17 heteroatoms. The predicted octanol–water partition coefficient (Wildman–Crippen LogP) is 3.17. The number of sulfonamides is 1. The molecular weight excluding hydrogens is 781 g/mol. The molecule has 16 nitrogen and oxygen atoms in total. The second kappa shape index (κ2) is 16.5. The number of nitrogens with one attached hydrogen (secondary N) is 3. The van der Waals surface area contributed by atoms with Crippen molar-refractivity contribution >= 4 is 45.8 Å². The van der Waals surface area contributed by atoms with Gasteiger partial charge in [0.1, 0.15) is 24.2 Å². The molecule has 3 N–H and O–H groups in total. The van der Waals surface area contributed by atoms with Gasteiger partial charge in [0.15, 0.2) is 6.04 Å². The van der Waals surface area contributed by atoms with Crippen molar-refractivity contribution in [1.29, 1.82) is 0 Å². The number of fused-ring (bicyclic) bond motifs is 4. The summed E-state index contributed by atoms with van der Waals surface area (Å²) in [6, 6.07) is 3.43. The van der Waals surface area contributed by atoms with Gasteiger partial charge in [-0.25, -0.2) is 22.8 Å². The SMILES string of the molecule is C=CC(=O)[N+]1(C)CCCCCC2CC2(C(=O)NS(=O)(=O)C2CC2)NC(=O)C2CC3CN2C(=O)C(C1)NC(=O)OCC(C)(C)CCCCc1cccc2c1CN(C2)C(=O)O3. The molecule has 5 bridgehead atoms. The number of alkyl carbamates (subject to hydrolysis) is 1. The first-order chi connectivity index (χ1) is 27.9. The van der Waals surface area contributed by atoms with Gasteiger partial charge < -0.3 is 25.0 Å². The Balaban J connectivity index is 1.23. The third-order valence-corrected chi connectivity index (χ3v) is 15.1. The van der Waals surface area contributed by atoms with E-state index >= 15 is 0 Å². The Morgan fingerprint density at radius 1 is 1.02 bits per heavy atom. The third kappa shape index (κ3) is 9.30. The van der Waals surface area contributed by atoms with Crippen LogP contribution < -0.4 is 15.4 Å². The Morgan fingerprint density at radius 3 is 2.53 bits per heavy atom. The number of carbonyl (C=O) groups excluding carboxylic acids is 6. The quantitative estimate of drug-likeness (QED) is 0.299. The zero-order chi connectivity index (χ0) is 42.3. The number of ether oxygens (including phenoxy) is 2. The molecule has 0 spiro atoms. The van der Waals surface area contributed by atoms with Crippen LogP contribution in [0.5, 0.6) is 0 Å². The van der Waals surface area contributed by atoms with Crippen LogP contribution in [0, 0.1) is 11.3 Å².